The van der Waals surface area contributed by atoms with Gasteiger partial charge in [-0.25, -0.2) is 0 Å². The molecule has 140 valence electrons. The Kier molecular flexibility index (Phi) is 12.0. The third kappa shape index (κ3) is 7.42. The number of unbranched alkanes of at least 4 members (excludes halogenated alkanes) is 7. The lowest BCUT2D eigenvalue weighted by atomic mass is 9.96. The zero-order valence-corrected chi connectivity index (χ0v) is 16.7. The van der Waals surface area contributed by atoms with Crippen molar-refractivity contribution in [1.29, 1.82) is 0 Å². The van der Waals surface area contributed by atoms with Crippen molar-refractivity contribution in [2.75, 3.05) is 7.11 Å². The predicted molar refractivity (Wildman–Crippen MR) is 104 cm³/mol. The summed E-state index contributed by atoms with van der Waals surface area (Å²) in [6, 6.07) is 0. The number of ether oxygens (including phenoxy) is 1. The van der Waals surface area contributed by atoms with Crippen LogP contribution in [0.1, 0.15) is 108 Å². The Hall–Kier alpha value is -0.760. The van der Waals surface area contributed by atoms with E-state index in [1.54, 1.807) is 7.11 Å². The second-order valence-electron chi connectivity index (χ2n) is 7.06. The van der Waals surface area contributed by atoms with E-state index in [2.05, 4.69) is 20.8 Å². The Morgan fingerprint density at radius 2 is 1.17 bits per heavy atom. The molecule has 0 atom stereocenters. The molecule has 0 bridgehead atoms. The van der Waals surface area contributed by atoms with Gasteiger partial charge in [-0.15, -0.1) is 0 Å². The van der Waals surface area contributed by atoms with Crippen molar-refractivity contribution in [1.82, 2.24) is 0 Å². The van der Waals surface area contributed by atoms with Gasteiger partial charge in [0.05, 0.1) is 0 Å². The molecule has 24 heavy (non-hydrogen) atoms. The Morgan fingerprint density at radius 1 is 0.625 bits per heavy atom. The summed E-state index contributed by atoms with van der Waals surface area (Å²) in [6.07, 6.45) is 16.4. The number of furan rings is 1. The van der Waals surface area contributed by atoms with Gasteiger partial charge >= 0.3 is 0 Å². The van der Waals surface area contributed by atoms with Gasteiger partial charge in [0.1, 0.15) is 18.1 Å². The van der Waals surface area contributed by atoms with E-state index in [1.165, 1.54) is 87.5 Å². The van der Waals surface area contributed by atoms with Crippen molar-refractivity contribution in [2.45, 2.75) is 111 Å². The van der Waals surface area contributed by atoms with E-state index in [9.17, 15) is 0 Å². The van der Waals surface area contributed by atoms with Gasteiger partial charge in [-0.3, -0.25) is 0 Å². The van der Waals surface area contributed by atoms with Crippen molar-refractivity contribution in [3.05, 3.63) is 22.6 Å². The molecule has 0 aromatic carbocycles. The molecule has 1 aromatic heterocycles. The number of hydrogen-bond acceptors (Lipinski definition) is 2. The summed E-state index contributed by atoms with van der Waals surface area (Å²) in [5.41, 5.74) is 2.99. The lowest BCUT2D eigenvalue weighted by molar-refractivity contribution is 0.161. The van der Waals surface area contributed by atoms with E-state index in [0.29, 0.717) is 6.61 Å². The maximum atomic E-state index is 6.28. The van der Waals surface area contributed by atoms with Gasteiger partial charge in [-0.1, -0.05) is 65.7 Å². The number of methoxy groups -OCH3 is 1. The van der Waals surface area contributed by atoms with E-state index in [-0.39, 0.29) is 0 Å². The molecule has 1 heterocycles. The summed E-state index contributed by atoms with van der Waals surface area (Å²) < 4.78 is 11.7. The molecule has 0 unspecified atom stereocenters. The molecule has 0 spiro atoms. The van der Waals surface area contributed by atoms with Crippen LogP contribution < -0.4 is 0 Å². The zero-order chi connectivity index (χ0) is 17.6. The van der Waals surface area contributed by atoms with Crippen molar-refractivity contribution in [3.8, 4) is 0 Å². The van der Waals surface area contributed by atoms with Gasteiger partial charge in [0, 0.05) is 13.5 Å². The first kappa shape index (κ1) is 21.3. The standard InChI is InChI=1S/C22H40O2/c1-5-8-11-12-13-14-17-21-19(15-9-6-2)20(16-10-7-3)22(24-21)18-23-4/h5-18H2,1-4H3. The van der Waals surface area contributed by atoms with Gasteiger partial charge in [-0.05, 0) is 43.2 Å². The van der Waals surface area contributed by atoms with Gasteiger partial charge < -0.3 is 9.15 Å². The van der Waals surface area contributed by atoms with Crippen molar-refractivity contribution in [3.63, 3.8) is 0 Å². The molecule has 0 aliphatic rings. The largest absolute Gasteiger partial charge is 0.463 e. The lowest BCUT2D eigenvalue weighted by Crippen LogP contribution is -1.98. The molecular formula is C22H40O2. The molecule has 0 radical (unpaired) electrons. The Balaban J connectivity index is 2.74. The number of hydrogen-bond donors (Lipinski definition) is 0. The highest BCUT2D eigenvalue weighted by atomic mass is 16.5. The van der Waals surface area contributed by atoms with Crippen LogP contribution in [-0.2, 0) is 30.6 Å². The molecule has 0 aliphatic heterocycles. The first-order valence-corrected chi connectivity index (χ1v) is 10.4. The van der Waals surface area contributed by atoms with Crippen molar-refractivity contribution < 1.29 is 9.15 Å². The van der Waals surface area contributed by atoms with Gasteiger partial charge in [0.15, 0.2) is 0 Å². The van der Waals surface area contributed by atoms with E-state index in [0.717, 1.165) is 18.6 Å². The van der Waals surface area contributed by atoms with E-state index in [1.807, 2.05) is 0 Å². The summed E-state index contributed by atoms with van der Waals surface area (Å²) in [5.74, 6) is 2.36. The van der Waals surface area contributed by atoms with Crippen molar-refractivity contribution in [2.24, 2.45) is 0 Å². The summed E-state index contributed by atoms with van der Waals surface area (Å²) in [7, 11) is 1.77. The third-order valence-electron chi connectivity index (χ3n) is 4.88. The minimum absolute atomic E-state index is 0.620. The molecule has 1 rings (SSSR count). The van der Waals surface area contributed by atoms with Crippen LogP contribution in [-0.4, -0.2) is 7.11 Å². The molecule has 2 heteroatoms. The van der Waals surface area contributed by atoms with Crippen molar-refractivity contribution >= 4 is 0 Å². The zero-order valence-electron chi connectivity index (χ0n) is 16.7. The fourth-order valence-electron chi connectivity index (χ4n) is 3.41. The topological polar surface area (TPSA) is 22.4 Å². The summed E-state index contributed by atoms with van der Waals surface area (Å²) >= 11 is 0. The highest BCUT2D eigenvalue weighted by Crippen LogP contribution is 2.29. The first-order chi connectivity index (χ1) is 11.8. The molecule has 0 saturated carbocycles. The van der Waals surface area contributed by atoms with Gasteiger partial charge in [0.25, 0.3) is 0 Å². The summed E-state index contributed by atoms with van der Waals surface area (Å²) in [6.45, 7) is 7.43. The fraction of sp³-hybridized carbons (Fsp3) is 0.818. The maximum absolute atomic E-state index is 6.28. The van der Waals surface area contributed by atoms with Crippen LogP contribution in [0.5, 0.6) is 0 Å². The minimum Gasteiger partial charge on any atom is -0.463 e. The average molecular weight is 337 g/mol. The predicted octanol–water partition coefficient (Wildman–Crippen LogP) is 7.01. The summed E-state index contributed by atoms with van der Waals surface area (Å²) in [5, 5.41) is 0. The van der Waals surface area contributed by atoms with Crippen LogP contribution in [0.25, 0.3) is 0 Å². The smallest absolute Gasteiger partial charge is 0.133 e. The lowest BCUT2D eigenvalue weighted by Gasteiger charge is -2.06. The highest BCUT2D eigenvalue weighted by Gasteiger charge is 2.19. The van der Waals surface area contributed by atoms with Crippen LogP contribution in [0, 0.1) is 0 Å². The summed E-state index contributed by atoms with van der Waals surface area (Å²) in [4.78, 5) is 0. The molecule has 0 amide bonds. The van der Waals surface area contributed by atoms with E-state index in [4.69, 9.17) is 9.15 Å². The fourth-order valence-corrected chi connectivity index (χ4v) is 3.41. The normalized spacial score (nSPS) is 11.3. The monoisotopic (exact) mass is 336 g/mol. The Morgan fingerprint density at radius 3 is 1.75 bits per heavy atom. The average Bonchev–Trinajstić information content (AvgIpc) is 2.91. The second kappa shape index (κ2) is 13.5. The quantitative estimate of drug-likeness (QED) is 0.321. The SMILES string of the molecule is CCCCCCCCc1oc(COC)c(CCCC)c1CCCC. The Bertz CT molecular complexity index is 420. The van der Waals surface area contributed by atoms with E-state index < -0.39 is 0 Å². The van der Waals surface area contributed by atoms with Crippen LogP contribution in [0.4, 0.5) is 0 Å². The second-order valence-corrected chi connectivity index (χ2v) is 7.06. The maximum Gasteiger partial charge on any atom is 0.133 e. The minimum atomic E-state index is 0.620. The molecule has 0 saturated heterocycles. The molecule has 1 aromatic rings. The highest BCUT2D eigenvalue weighted by molar-refractivity contribution is 5.34. The number of rotatable bonds is 15. The third-order valence-corrected chi connectivity index (χ3v) is 4.88. The van der Waals surface area contributed by atoms with E-state index >= 15 is 0 Å². The van der Waals surface area contributed by atoms with Crippen LogP contribution in [0.15, 0.2) is 4.42 Å². The van der Waals surface area contributed by atoms with Gasteiger partial charge in [0.2, 0.25) is 0 Å². The molecule has 0 N–H and O–H groups in total. The molecule has 0 aliphatic carbocycles. The Labute approximate surface area is 150 Å². The molecule has 2 nitrogen and oxygen atoms in total. The first-order valence-electron chi connectivity index (χ1n) is 10.4. The van der Waals surface area contributed by atoms with Crippen LogP contribution in [0.2, 0.25) is 0 Å². The number of aryl methyl sites for hydroxylation is 1. The molecule has 0 fully saturated rings. The van der Waals surface area contributed by atoms with Crippen LogP contribution >= 0.6 is 0 Å². The van der Waals surface area contributed by atoms with Crippen LogP contribution in [0.3, 0.4) is 0 Å². The molecular weight excluding hydrogens is 296 g/mol. The van der Waals surface area contributed by atoms with Gasteiger partial charge in [-0.2, -0.15) is 0 Å².